The van der Waals surface area contributed by atoms with Crippen molar-refractivity contribution in [3.05, 3.63) is 35.6 Å². The molecule has 26 heavy (non-hydrogen) atoms. The fourth-order valence-corrected chi connectivity index (χ4v) is 6.38. The zero-order valence-electron chi connectivity index (χ0n) is 15.8. The molecule has 3 unspecified atom stereocenters. The van der Waals surface area contributed by atoms with Crippen molar-refractivity contribution < 1.29 is 4.39 Å². The minimum atomic E-state index is -0.0932. The van der Waals surface area contributed by atoms with Crippen molar-refractivity contribution >= 4 is 16.1 Å². The maximum absolute atomic E-state index is 14.3. The van der Waals surface area contributed by atoms with Gasteiger partial charge in [-0.2, -0.15) is 0 Å². The van der Waals surface area contributed by atoms with Crippen LogP contribution in [0.3, 0.4) is 0 Å². The molecule has 0 amide bonds. The van der Waals surface area contributed by atoms with Gasteiger partial charge in [-0.1, -0.05) is 18.6 Å². The highest BCUT2D eigenvalue weighted by atomic mass is 79.9. The lowest BCUT2D eigenvalue weighted by molar-refractivity contribution is -0.0805. The summed E-state index contributed by atoms with van der Waals surface area (Å²) in [5, 5.41) is 3.61. The second-order valence-corrected chi connectivity index (χ2v) is 9.30. The van der Waals surface area contributed by atoms with Gasteiger partial charge >= 0.3 is 0 Å². The Labute approximate surface area is 165 Å². The summed E-state index contributed by atoms with van der Waals surface area (Å²) in [7, 11) is 2.11. The third kappa shape index (κ3) is 3.15. The molecule has 3 aliphatic rings. The van der Waals surface area contributed by atoms with Gasteiger partial charge in [0, 0.05) is 48.4 Å². The zero-order chi connectivity index (χ0) is 18.1. The first-order valence-corrected chi connectivity index (χ1v) is 11.0. The van der Waals surface area contributed by atoms with Gasteiger partial charge in [-0.3, -0.25) is 4.90 Å². The summed E-state index contributed by atoms with van der Waals surface area (Å²) in [5.41, 5.74) is 1.19. The first kappa shape index (κ1) is 18.9. The molecule has 1 aromatic carbocycles. The van der Waals surface area contributed by atoms with E-state index in [1.807, 2.05) is 12.1 Å². The molecule has 1 aromatic rings. The molecular weight excluding hydrogens is 393 g/mol. The van der Waals surface area contributed by atoms with Gasteiger partial charge in [0.25, 0.3) is 0 Å². The second-order valence-electron chi connectivity index (χ2n) is 8.29. The molecule has 0 spiro atoms. The number of piperidine rings is 1. The van der Waals surface area contributed by atoms with Gasteiger partial charge < -0.3 is 5.32 Å². The molecule has 3 nitrogen and oxygen atoms in total. The lowest BCUT2D eigenvalue weighted by Crippen LogP contribution is -2.64. The van der Waals surface area contributed by atoms with Crippen LogP contribution in [0.25, 0.3) is 0 Å². The number of hydrogen-bond acceptors (Lipinski definition) is 3. The third-order valence-electron chi connectivity index (χ3n) is 7.18. The average molecular weight is 424 g/mol. The van der Waals surface area contributed by atoms with Gasteiger partial charge in [-0.05, 0) is 68.7 Å². The lowest BCUT2D eigenvalue weighted by atomic mass is 9.62. The van der Waals surface area contributed by atoms with Crippen LogP contribution in [0.2, 0.25) is 0 Å². The van der Waals surface area contributed by atoms with Crippen molar-refractivity contribution in [3.8, 4) is 0 Å². The molecule has 2 aliphatic heterocycles. The highest BCUT2D eigenvalue weighted by Gasteiger charge is 2.55. The SMILES string of the molecule is CNC1CCCC1C(c1cccc(F)c1)(C1CCN(Br)CC1)N1CCC1. The first-order chi connectivity index (χ1) is 12.7. The number of hydrogen-bond donors (Lipinski definition) is 1. The van der Waals surface area contributed by atoms with E-state index in [2.05, 4.69) is 43.4 Å². The third-order valence-corrected chi connectivity index (χ3v) is 7.89. The lowest BCUT2D eigenvalue weighted by Gasteiger charge is -2.59. The molecule has 144 valence electrons. The van der Waals surface area contributed by atoms with Crippen LogP contribution in [0, 0.1) is 17.7 Å². The number of likely N-dealkylation sites (tertiary alicyclic amines) is 1. The average Bonchev–Trinajstić information content (AvgIpc) is 3.07. The number of nitrogens with zero attached hydrogens (tertiary/aromatic N) is 2. The van der Waals surface area contributed by atoms with E-state index in [1.54, 1.807) is 6.07 Å². The van der Waals surface area contributed by atoms with E-state index >= 15 is 0 Å². The van der Waals surface area contributed by atoms with E-state index in [-0.39, 0.29) is 11.4 Å². The molecular formula is C21H31BrFN3. The highest BCUT2D eigenvalue weighted by molar-refractivity contribution is 9.07. The molecule has 3 atom stereocenters. The van der Waals surface area contributed by atoms with Crippen LogP contribution in [-0.4, -0.2) is 48.1 Å². The van der Waals surface area contributed by atoms with Gasteiger partial charge in [-0.15, -0.1) is 0 Å². The van der Waals surface area contributed by atoms with Crippen molar-refractivity contribution in [2.24, 2.45) is 11.8 Å². The fourth-order valence-electron chi connectivity index (χ4n) is 5.97. The smallest absolute Gasteiger partial charge is 0.123 e. The topological polar surface area (TPSA) is 18.5 Å². The summed E-state index contributed by atoms with van der Waals surface area (Å²) >= 11 is 3.67. The standard InChI is InChI=1S/C21H31BrFN3/c1-24-20-8-3-7-19(20)21(25-11-4-12-25,16-9-13-26(22)14-10-16)17-5-2-6-18(23)15-17/h2,5-6,15-16,19-20,24H,3-4,7-14H2,1H3. The van der Waals surface area contributed by atoms with Crippen molar-refractivity contribution in [1.29, 1.82) is 0 Å². The van der Waals surface area contributed by atoms with Crippen molar-refractivity contribution in [2.75, 3.05) is 33.2 Å². The quantitative estimate of drug-likeness (QED) is 0.717. The molecule has 1 saturated carbocycles. The van der Waals surface area contributed by atoms with Crippen LogP contribution >= 0.6 is 16.1 Å². The van der Waals surface area contributed by atoms with Gasteiger partial charge in [0.05, 0.1) is 5.54 Å². The van der Waals surface area contributed by atoms with Gasteiger partial charge in [-0.25, -0.2) is 8.32 Å². The molecule has 2 saturated heterocycles. The Morgan fingerprint density at radius 1 is 1.08 bits per heavy atom. The maximum Gasteiger partial charge on any atom is 0.123 e. The minimum Gasteiger partial charge on any atom is -0.317 e. The van der Waals surface area contributed by atoms with E-state index in [9.17, 15) is 4.39 Å². The molecule has 0 radical (unpaired) electrons. The van der Waals surface area contributed by atoms with E-state index in [0.717, 1.165) is 26.2 Å². The Morgan fingerprint density at radius 2 is 1.85 bits per heavy atom. The van der Waals surface area contributed by atoms with Crippen LogP contribution in [0.1, 0.15) is 44.1 Å². The summed E-state index contributed by atoms with van der Waals surface area (Å²) in [6.45, 7) is 4.45. The van der Waals surface area contributed by atoms with E-state index in [4.69, 9.17) is 0 Å². The Morgan fingerprint density at radius 3 is 2.46 bits per heavy atom. The minimum absolute atomic E-state index is 0.0290. The highest BCUT2D eigenvalue weighted by Crippen LogP contribution is 2.53. The van der Waals surface area contributed by atoms with Crippen LogP contribution in [0.5, 0.6) is 0 Å². The van der Waals surface area contributed by atoms with E-state index < -0.39 is 0 Å². The van der Waals surface area contributed by atoms with Crippen LogP contribution in [0.4, 0.5) is 4.39 Å². The number of halogens is 2. The Balaban J connectivity index is 1.82. The normalized spacial score (nSPS) is 30.9. The number of nitrogens with one attached hydrogen (secondary N) is 1. The number of rotatable bonds is 5. The molecule has 1 aliphatic carbocycles. The zero-order valence-corrected chi connectivity index (χ0v) is 17.3. The van der Waals surface area contributed by atoms with Gasteiger partial charge in [0.15, 0.2) is 0 Å². The second kappa shape index (κ2) is 7.86. The molecule has 0 aromatic heterocycles. The van der Waals surface area contributed by atoms with Crippen molar-refractivity contribution in [3.63, 3.8) is 0 Å². The van der Waals surface area contributed by atoms with Gasteiger partial charge in [0.1, 0.15) is 5.82 Å². The molecule has 5 heteroatoms. The Hall–Kier alpha value is -0.490. The monoisotopic (exact) mass is 423 g/mol. The van der Waals surface area contributed by atoms with Crippen LogP contribution in [-0.2, 0) is 5.54 Å². The summed E-state index contributed by atoms with van der Waals surface area (Å²) in [4.78, 5) is 2.71. The van der Waals surface area contributed by atoms with Gasteiger partial charge in [0.2, 0.25) is 0 Å². The molecule has 4 rings (SSSR count). The Kier molecular flexibility index (Phi) is 5.70. The summed E-state index contributed by atoms with van der Waals surface area (Å²) in [6.07, 6.45) is 7.37. The molecule has 0 bridgehead atoms. The summed E-state index contributed by atoms with van der Waals surface area (Å²) < 4.78 is 16.6. The number of benzene rings is 1. The first-order valence-electron chi connectivity index (χ1n) is 10.3. The maximum atomic E-state index is 14.3. The molecule has 2 heterocycles. The predicted molar refractivity (Wildman–Crippen MR) is 108 cm³/mol. The van der Waals surface area contributed by atoms with Crippen LogP contribution < -0.4 is 5.32 Å². The van der Waals surface area contributed by atoms with Crippen LogP contribution in [0.15, 0.2) is 24.3 Å². The van der Waals surface area contributed by atoms with Crippen molar-refractivity contribution in [1.82, 2.24) is 14.1 Å². The van der Waals surface area contributed by atoms with E-state index in [0.29, 0.717) is 17.9 Å². The molecule has 1 N–H and O–H groups in total. The largest absolute Gasteiger partial charge is 0.317 e. The molecule has 3 fully saturated rings. The predicted octanol–water partition coefficient (Wildman–Crippen LogP) is 4.14. The fraction of sp³-hybridized carbons (Fsp3) is 0.714. The van der Waals surface area contributed by atoms with Crippen molar-refractivity contribution in [2.45, 2.75) is 50.1 Å². The summed E-state index contributed by atoms with van der Waals surface area (Å²) in [5.74, 6) is 1.04. The summed E-state index contributed by atoms with van der Waals surface area (Å²) in [6, 6.07) is 8.08. The Bertz CT molecular complexity index is 615. The van der Waals surface area contributed by atoms with E-state index in [1.165, 1.54) is 44.1 Å².